The molecule has 0 saturated carbocycles. The molecular weight excluding hydrogens is 462 g/mol. The van der Waals surface area contributed by atoms with Crippen LogP contribution in [0.1, 0.15) is 18.9 Å². The van der Waals surface area contributed by atoms with Gasteiger partial charge in [-0.25, -0.2) is 4.98 Å². The highest BCUT2D eigenvalue weighted by Crippen LogP contribution is 2.25. The van der Waals surface area contributed by atoms with Gasteiger partial charge in [0.2, 0.25) is 0 Å². The van der Waals surface area contributed by atoms with Crippen molar-refractivity contribution in [1.82, 2.24) is 25.5 Å². The molecule has 0 saturated heterocycles. The highest BCUT2D eigenvalue weighted by atomic mass is 35.5. The molecule has 0 amide bonds. The number of aromatic amines is 1. The summed E-state index contributed by atoms with van der Waals surface area (Å²) in [5.41, 5.74) is 3.34. The molecule has 1 aliphatic heterocycles. The highest BCUT2D eigenvalue weighted by Gasteiger charge is 2.17. The zero-order chi connectivity index (χ0) is 24.5. The van der Waals surface area contributed by atoms with Gasteiger partial charge >= 0.3 is 0 Å². The van der Waals surface area contributed by atoms with Crippen molar-refractivity contribution >= 4 is 22.6 Å². The van der Waals surface area contributed by atoms with Crippen molar-refractivity contribution in [3.63, 3.8) is 0 Å². The van der Waals surface area contributed by atoms with Gasteiger partial charge in [0.25, 0.3) is 0 Å². The van der Waals surface area contributed by atoms with E-state index in [1.807, 2.05) is 19.2 Å². The predicted molar refractivity (Wildman–Crippen MR) is 143 cm³/mol. The summed E-state index contributed by atoms with van der Waals surface area (Å²) < 4.78 is 11.2. The minimum atomic E-state index is 0.181. The Morgan fingerprint density at radius 1 is 1.23 bits per heavy atom. The van der Waals surface area contributed by atoms with Crippen LogP contribution < -0.4 is 15.4 Å². The van der Waals surface area contributed by atoms with Crippen LogP contribution in [0.25, 0.3) is 11.0 Å². The quantitative estimate of drug-likeness (QED) is 0.362. The fourth-order valence-electron chi connectivity index (χ4n) is 4.25. The van der Waals surface area contributed by atoms with Crippen LogP contribution in [0.3, 0.4) is 0 Å². The zero-order valence-corrected chi connectivity index (χ0v) is 21.4. The molecule has 2 aromatic heterocycles. The number of aromatic nitrogens is 2. The number of nitrogens with zero attached hydrogens (tertiary/aromatic N) is 2. The molecule has 8 heteroatoms. The maximum absolute atomic E-state index is 6.03. The molecule has 0 bridgehead atoms. The molecule has 3 heterocycles. The van der Waals surface area contributed by atoms with E-state index in [1.165, 1.54) is 11.1 Å². The van der Waals surface area contributed by atoms with Gasteiger partial charge in [-0.1, -0.05) is 29.8 Å². The predicted octanol–water partition coefficient (Wildman–Crippen LogP) is 4.11. The van der Waals surface area contributed by atoms with Gasteiger partial charge in [-0.15, -0.1) is 0 Å². The lowest BCUT2D eigenvalue weighted by Crippen LogP contribution is -2.42. The Morgan fingerprint density at radius 2 is 2.11 bits per heavy atom. The molecule has 2 atom stereocenters. The van der Waals surface area contributed by atoms with Crippen molar-refractivity contribution in [3.05, 3.63) is 71.2 Å². The Hall–Kier alpha value is -2.58. The smallest absolute Gasteiger partial charge is 0.138 e. The van der Waals surface area contributed by atoms with Crippen LogP contribution in [-0.4, -0.2) is 67.5 Å². The number of fused-ring (bicyclic) bond motifs is 1. The van der Waals surface area contributed by atoms with E-state index in [0.717, 1.165) is 67.5 Å². The molecule has 0 fully saturated rings. The molecule has 0 spiro atoms. The van der Waals surface area contributed by atoms with Gasteiger partial charge in [-0.05, 0) is 48.6 Å². The first-order valence-electron chi connectivity index (χ1n) is 12.4. The number of allylic oxidation sites excluding steroid dienone is 5. The number of pyridine rings is 1. The Labute approximate surface area is 212 Å². The fraction of sp³-hybridized carbons (Fsp3) is 0.444. The molecule has 2 aliphatic rings. The summed E-state index contributed by atoms with van der Waals surface area (Å²) in [6.45, 7) is 6.57. The van der Waals surface area contributed by atoms with Gasteiger partial charge in [0.1, 0.15) is 18.0 Å². The first-order valence-corrected chi connectivity index (χ1v) is 12.8. The van der Waals surface area contributed by atoms with Crippen molar-refractivity contribution in [2.75, 3.05) is 46.5 Å². The maximum atomic E-state index is 6.03. The van der Waals surface area contributed by atoms with Crippen LogP contribution in [0.5, 0.6) is 5.75 Å². The molecule has 7 nitrogen and oxygen atoms in total. The summed E-state index contributed by atoms with van der Waals surface area (Å²) in [6.07, 6.45) is 18.7. The SMILES string of the molecule is CCOCCNCCOc1cnc2[nH]cc(CC3=CN(C)C(NCC4C=CC(Cl)=CC4)C=C3)c2c1. The normalized spacial score (nSPS) is 19.8. The third kappa shape index (κ3) is 7.45. The molecule has 0 radical (unpaired) electrons. The van der Waals surface area contributed by atoms with Gasteiger partial charge in [-0.3, -0.25) is 5.32 Å². The summed E-state index contributed by atoms with van der Waals surface area (Å²) in [5.74, 6) is 1.26. The lowest BCUT2D eigenvalue weighted by molar-refractivity contribution is 0.148. The number of rotatable bonds is 13. The second-order valence-corrected chi connectivity index (χ2v) is 9.32. The number of H-pyrrole nitrogens is 1. The van der Waals surface area contributed by atoms with E-state index in [4.69, 9.17) is 21.1 Å². The molecule has 188 valence electrons. The van der Waals surface area contributed by atoms with Crippen molar-refractivity contribution in [3.8, 4) is 5.75 Å². The summed E-state index contributed by atoms with van der Waals surface area (Å²) >= 11 is 6.03. The fourth-order valence-corrected chi connectivity index (χ4v) is 4.41. The van der Waals surface area contributed by atoms with E-state index in [1.54, 1.807) is 6.20 Å². The number of hydrogen-bond donors (Lipinski definition) is 3. The molecular formula is C27H36ClN5O2. The van der Waals surface area contributed by atoms with Crippen LogP contribution in [-0.2, 0) is 11.2 Å². The third-order valence-corrected chi connectivity index (χ3v) is 6.47. The molecule has 2 unspecified atom stereocenters. The van der Waals surface area contributed by atoms with Crippen LogP contribution in [0.4, 0.5) is 0 Å². The standard InChI is InChI=1S/C27H36ClN5O2/c1-3-34-12-10-29-11-13-35-24-15-25-22(17-31-27(25)32-18-24)14-21-6-9-26(33(2)19-21)30-16-20-4-7-23(28)8-5-20/h4,6-9,15,17-20,26,29-30H,3,5,10-14,16H2,1-2H3,(H,31,32). The van der Waals surface area contributed by atoms with E-state index in [2.05, 4.69) is 69.1 Å². The average Bonchev–Trinajstić information content (AvgIpc) is 3.26. The van der Waals surface area contributed by atoms with E-state index in [9.17, 15) is 0 Å². The second kappa shape index (κ2) is 12.9. The summed E-state index contributed by atoms with van der Waals surface area (Å²) in [6, 6.07) is 2.08. The molecule has 3 N–H and O–H groups in total. The Kier molecular flexibility index (Phi) is 9.42. The van der Waals surface area contributed by atoms with Crippen molar-refractivity contribution in [2.45, 2.75) is 25.9 Å². The monoisotopic (exact) mass is 497 g/mol. The number of likely N-dealkylation sites (N-methyl/N-ethyl adjacent to an activating group) is 1. The van der Waals surface area contributed by atoms with Gasteiger partial charge in [-0.2, -0.15) is 0 Å². The van der Waals surface area contributed by atoms with Crippen LogP contribution in [0.15, 0.2) is 65.6 Å². The zero-order valence-electron chi connectivity index (χ0n) is 20.6. The van der Waals surface area contributed by atoms with E-state index < -0.39 is 0 Å². The van der Waals surface area contributed by atoms with Gasteiger partial charge in [0.05, 0.1) is 19.0 Å². The van der Waals surface area contributed by atoms with E-state index in [0.29, 0.717) is 12.5 Å². The Bertz CT molecular complexity index is 1090. The summed E-state index contributed by atoms with van der Waals surface area (Å²) in [5, 5.41) is 8.88. The molecule has 35 heavy (non-hydrogen) atoms. The van der Waals surface area contributed by atoms with Gasteiger partial charge in [0.15, 0.2) is 0 Å². The largest absolute Gasteiger partial charge is 0.491 e. The minimum Gasteiger partial charge on any atom is -0.491 e. The van der Waals surface area contributed by atoms with Crippen LogP contribution in [0, 0.1) is 5.92 Å². The number of hydrogen-bond acceptors (Lipinski definition) is 6. The maximum Gasteiger partial charge on any atom is 0.138 e. The van der Waals surface area contributed by atoms with Crippen molar-refractivity contribution in [2.24, 2.45) is 5.92 Å². The highest BCUT2D eigenvalue weighted by molar-refractivity contribution is 6.31. The number of nitrogens with one attached hydrogen (secondary N) is 3. The Morgan fingerprint density at radius 3 is 2.91 bits per heavy atom. The minimum absolute atomic E-state index is 0.181. The molecule has 4 rings (SSSR count). The first-order chi connectivity index (χ1) is 17.1. The molecule has 2 aromatic rings. The van der Waals surface area contributed by atoms with Crippen molar-refractivity contribution in [1.29, 1.82) is 0 Å². The van der Waals surface area contributed by atoms with Crippen LogP contribution in [0.2, 0.25) is 0 Å². The molecule has 0 aromatic carbocycles. The lowest BCUT2D eigenvalue weighted by atomic mass is 10.0. The van der Waals surface area contributed by atoms with Crippen molar-refractivity contribution < 1.29 is 9.47 Å². The lowest BCUT2D eigenvalue weighted by Gasteiger charge is -2.30. The summed E-state index contributed by atoms with van der Waals surface area (Å²) in [4.78, 5) is 10.1. The topological polar surface area (TPSA) is 74.4 Å². The van der Waals surface area contributed by atoms with Gasteiger partial charge < -0.3 is 24.7 Å². The Balaban J connectivity index is 1.28. The average molecular weight is 498 g/mol. The third-order valence-electron chi connectivity index (χ3n) is 6.19. The number of ether oxygens (including phenoxy) is 2. The first kappa shape index (κ1) is 25.5. The van der Waals surface area contributed by atoms with Gasteiger partial charge in [0, 0.05) is 62.5 Å². The van der Waals surface area contributed by atoms with E-state index >= 15 is 0 Å². The van der Waals surface area contributed by atoms with Crippen LogP contribution >= 0.6 is 11.6 Å². The van der Waals surface area contributed by atoms with E-state index in [-0.39, 0.29) is 6.17 Å². The second-order valence-electron chi connectivity index (χ2n) is 8.88. The molecule has 1 aliphatic carbocycles. The number of halogens is 1. The summed E-state index contributed by atoms with van der Waals surface area (Å²) in [7, 11) is 2.11.